The van der Waals surface area contributed by atoms with Gasteiger partial charge in [-0.15, -0.1) is 0 Å². The first-order valence-corrected chi connectivity index (χ1v) is 12.0. The van der Waals surface area contributed by atoms with Gasteiger partial charge in [0.2, 0.25) is 0 Å². The summed E-state index contributed by atoms with van der Waals surface area (Å²) in [5.41, 5.74) is 2.96. The summed E-state index contributed by atoms with van der Waals surface area (Å²) in [7, 11) is 0. The van der Waals surface area contributed by atoms with Gasteiger partial charge in [-0.25, -0.2) is 9.18 Å². The highest BCUT2D eigenvalue weighted by atomic mass is 32.2. The summed E-state index contributed by atoms with van der Waals surface area (Å²) in [4.78, 5) is 12.4. The minimum absolute atomic E-state index is 0.0653. The number of carboxylic acid groups (broad SMARTS) is 1. The lowest BCUT2D eigenvalue weighted by Crippen LogP contribution is -2.12. The molecule has 0 unspecified atom stereocenters. The zero-order valence-electron chi connectivity index (χ0n) is 18.3. The van der Waals surface area contributed by atoms with Crippen molar-refractivity contribution in [2.45, 2.75) is 62.4 Å². The molecule has 3 aromatic rings. The van der Waals surface area contributed by atoms with E-state index in [0.717, 1.165) is 49.0 Å². The van der Waals surface area contributed by atoms with Gasteiger partial charge in [0.15, 0.2) is 0 Å². The molecule has 0 radical (unpaired) electrons. The van der Waals surface area contributed by atoms with Crippen LogP contribution in [0.15, 0.2) is 45.9 Å². The van der Waals surface area contributed by atoms with Crippen LogP contribution in [0.25, 0.3) is 11.1 Å². The summed E-state index contributed by atoms with van der Waals surface area (Å²) < 4.78 is 29.7. The Morgan fingerprint density at radius 3 is 2.64 bits per heavy atom. The zero-order valence-corrected chi connectivity index (χ0v) is 19.1. The lowest BCUT2D eigenvalue weighted by Gasteiger charge is -2.19. The number of nitrogens with one attached hydrogen (secondary N) is 1. The van der Waals surface area contributed by atoms with Gasteiger partial charge < -0.3 is 19.1 Å². The van der Waals surface area contributed by atoms with Crippen LogP contribution in [-0.4, -0.2) is 22.3 Å². The monoisotopic (exact) mass is 468 g/mol. The topological polar surface area (TPSA) is 84.6 Å². The Hall–Kier alpha value is -3.00. The molecule has 0 spiro atoms. The molecule has 33 heavy (non-hydrogen) atoms. The molecule has 2 saturated carbocycles. The van der Waals surface area contributed by atoms with E-state index in [-0.39, 0.29) is 11.7 Å². The molecular weight excluding hydrogens is 443 g/mol. The van der Waals surface area contributed by atoms with Crippen molar-refractivity contribution in [3.8, 4) is 16.9 Å². The molecule has 0 atom stereocenters. The maximum absolute atomic E-state index is 15.1. The first-order chi connectivity index (χ1) is 16.0. The summed E-state index contributed by atoms with van der Waals surface area (Å²) >= 11 is 1.33. The Bertz CT molecular complexity index is 1190. The van der Waals surface area contributed by atoms with Crippen molar-refractivity contribution in [1.82, 2.24) is 5.16 Å². The third-order valence-corrected chi connectivity index (χ3v) is 7.15. The second kappa shape index (κ2) is 9.09. The van der Waals surface area contributed by atoms with Crippen LogP contribution in [0.3, 0.4) is 0 Å². The van der Waals surface area contributed by atoms with E-state index < -0.39 is 11.8 Å². The molecular formula is C25H25FN2O4S. The Morgan fingerprint density at radius 1 is 1.18 bits per heavy atom. The third kappa shape index (κ3) is 4.71. The number of ether oxygens (including phenoxy) is 1. The average Bonchev–Trinajstić information content (AvgIpc) is 3.35. The normalized spacial score (nSPS) is 16.2. The molecule has 1 aromatic heterocycles. The van der Waals surface area contributed by atoms with Crippen LogP contribution in [0.1, 0.15) is 66.1 Å². The SMILES string of the molecule is Cc1oncc1-c1cc(NSc2cc(C(=O)O)ccc2C2CC2)c(OC2CCCC2)cc1F. The smallest absolute Gasteiger partial charge is 0.335 e. The lowest BCUT2D eigenvalue weighted by atomic mass is 10.1. The minimum atomic E-state index is -0.962. The summed E-state index contributed by atoms with van der Waals surface area (Å²) in [5, 5.41) is 13.2. The maximum Gasteiger partial charge on any atom is 0.335 e. The minimum Gasteiger partial charge on any atom is -0.488 e. The Kier molecular flexibility index (Phi) is 6.01. The van der Waals surface area contributed by atoms with Crippen molar-refractivity contribution in [1.29, 1.82) is 0 Å². The Labute approximate surface area is 195 Å². The number of rotatable bonds is 8. The zero-order chi connectivity index (χ0) is 22.9. The number of benzene rings is 2. The van der Waals surface area contributed by atoms with Crippen molar-refractivity contribution in [2.24, 2.45) is 0 Å². The van der Waals surface area contributed by atoms with E-state index in [1.807, 2.05) is 6.07 Å². The highest BCUT2D eigenvalue weighted by Gasteiger charge is 2.27. The van der Waals surface area contributed by atoms with Crippen LogP contribution in [0.4, 0.5) is 10.1 Å². The highest BCUT2D eigenvalue weighted by Crippen LogP contribution is 2.45. The van der Waals surface area contributed by atoms with E-state index in [2.05, 4.69) is 9.88 Å². The van der Waals surface area contributed by atoms with Crippen LogP contribution in [-0.2, 0) is 0 Å². The molecule has 0 bridgehead atoms. The van der Waals surface area contributed by atoms with Crippen molar-refractivity contribution in [3.05, 3.63) is 59.2 Å². The predicted molar refractivity (Wildman–Crippen MR) is 124 cm³/mol. The van der Waals surface area contributed by atoms with Gasteiger partial charge in [0.25, 0.3) is 0 Å². The van der Waals surface area contributed by atoms with E-state index in [1.165, 1.54) is 24.2 Å². The summed E-state index contributed by atoms with van der Waals surface area (Å²) in [5.74, 6) is 0.0666. The molecule has 0 amide bonds. The van der Waals surface area contributed by atoms with Crippen molar-refractivity contribution in [2.75, 3.05) is 4.72 Å². The molecule has 2 aliphatic carbocycles. The molecule has 6 nitrogen and oxygen atoms in total. The van der Waals surface area contributed by atoms with Gasteiger partial charge in [0, 0.05) is 22.1 Å². The highest BCUT2D eigenvalue weighted by molar-refractivity contribution is 8.00. The number of halogens is 1. The quantitative estimate of drug-likeness (QED) is 0.351. The number of nitrogens with zero attached hydrogens (tertiary/aromatic N) is 1. The van der Waals surface area contributed by atoms with Crippen molar-refractivity contribution in [3.63, 3.8) is 0 Å². The van der Waals surface area contributed by atoms with E-state index in [9.17, 15) is 9.90 Å². The van der Waals surface area contributed by atoms with Gasteiger partial charge in [-0.2, -0.15) is 0 Å². The number of carboxylic acids is 1. The van der Waals surface area contributed by atoms with Gasteiger partial charge in [-0.3, -0.25) is 0 Å². The van der Waals surface area contributed by atoms with E-state index in [1.54, 1.807) is 25.1 Å². The lowest BCUT2D eigenvalue weighted by molar-refractivity contribution is 0.0696. The summed E-state index contributed by atoms with van der Waals surface area (Å²) in [6, 6.07) is 8.37. The van der Waals surface area contributed by atoms with Crippen LogP contribution in [0, 0.1) is 12.7 Å². The molecule has 8 heteroatoms. The van der Waals surface area contributed by atoms with E-state index in [4.69, 9.17) is 9.26 Å². The Morgan fingerprint density at radius 2 is 1.97 bits per heavy atom. The van der Waals surface area contributed by atoms with Crippen LogP contribution >= 0.6 is 11.9 Å². The number of aryl methyl sites for hydroxylation is 1. The van der Waals surface area contributed by atoms with Gasteiger partial charge in [0.1, 0.15) is 17.3 Å². The third-order valence-electron chi connectivity index (χ3n) is 6.25. The van der Waals surface area contributed by atoms with Crippen molar-refractivity contribution >= 4 is 23.6 Å². The Balaban J connectivity index is 1.48. The molecule has 2 aromatic carbocycles. The van der Waals surface area contributed by atoms with E-state index >= 15 is 4.39 Å². The van der Waals surface area contributed by atoms with Crippen LogP contribution in [0.5, 0.6) is 5.75 Å². The fourth-order valence-electron chi connectivity index (χ4n) is 4.28. The number of hydrogen-bond acceptors (Lipinski definition) is 6. The first kappa shape index (κ1) is 21.8. The van der Waals surface area contributed by atoms with Gasteiger partial charge >= 0.3 is 5.97 Å². The first-order valence-electron chi connectivity index (χ1n) is 11.2. The molecule has 5 rings (SSSR count). The molecule has 1 heterocycles. The fraction of sp³-hybridized carbons (Fsp3) is 0.360. The number of hydrogen-bond donors (Lipinski definition) is 2. The largest absolute Gasteiger partial charge is 0.488 e. The maximum atomic E-state index is 15.1. The molecule has 2 aliphatic rings. The standard InChI is InChI=1S/C25H25FN2O4S/c1-14-20(13-27-32-14)19-11-22(23(12-21(19)26)31-17-4-2-3-5-17)28-33-24-10-16(25(29)30)8-9-18(24)15-6-7-15/h8-13,15,17,28H,2-7H2,1H3,(H,29,30). The second-order valence-electron chi connectivity index (χ2n) is 8.68. The molecule has 0 aliphatic heterocycles. The van der Waals surface area contributed by atoms with Crippen LogP contribution in [0.2, 0.25) is 0 Å². The molecule has 2 fully saturated rings. The average molecular weight is 469 g/mol. The van der Waals surface area contributed by atoms with Crippen LogP contribution < -0.4 is 9.46 Å². The van der Waals surface area contributed by atoms with Gasteiger partial charge in [-0.05, 0) is 87.1 Å². The number of aromatic carboxylic acids is 1. The fourth-order valence-corrected chi connectivity index (χ4v) is 5.20. The molecule has 0 saturated heterocycles. The van der Waals surface area contributed by atoms with Crippen molar-refractivity contribution < 1.29 is 23.6 Å². The number of carbonyl (C=O) groups is 1. The van der Waals surface area contributed by atoms with E-state index in [0.29, 0.717) is 34.2 Å². The number of anilines is 1. The second-order valence-corrected chi connectivity index (χ2v) is 9.53. The predicted octanol–water partition coefficient (Wildman–Crippen LogP) is 6.81. The molecule has 2 N–H and O–H groups in total. The molecule has 172 valence electrons. The summed E-state index contributed by atoms with van der Waals surface area (Å²) in [6.45, 7) is 1.74. The van der Waals surface area contributed by atoms with Gasteiger partial charge in [0.05, 0.1) is 23.6 Å². The number of aromatic nitrogens is 1. The summed E-state index contributed by atoms with van der Waals surface area (Å²) in [6.07, 6.45) is 7.89. The van der Waals surface area contributed by atoms with Gasteiger partial charge in [-0.1, -0.05) is 11.2 Å².